The van der Waals surface area contributed by atoms with Gasteiger partial charge in [-0.1, -0.05) is 56.5 Å². The van der Waals surface area contributed by atoms with Gasteiger partial charge in [0.05, 0.1) is 11.3 Å². The van der Waals surface area contributed by atoms with E-state index in [1.54, 1.807) is 0 Å². The topological polar surface area (TPSA) is 54.0 Å². The first-order valence-electron chi connectivity index (χ1n) is 11.7. The van der Waals surface area contributed by atoms with Crippen LogP contribution in [-0.2, 0) is 6.42 Å². The molecule has 0 unspecified atom stereocenters. The Morgan fingerprint density at radius 3 is 2.55 bits per heavy atom. The summed E-state index contributed by atoms with van der Waals surface area (Å²) in [6.45, 7) is 4.99. The Morgan fingerprint density at radius 1 is 1.06 bits per heavy atom. The first kappa shape index (κ1) is 21.4. The third-order valence-corrected chi connectivity index (χ3v) is 6.23. The lowest BCUT2D eigenvalue weighted by Gasteiger charge is -2.24. The number of benzene rings is 2. The molecule has 162 valence electrons. The van der Waals surface area contributed by atoms with Crippen molar-refractivity contribution in [3.63, 3.8) is 0 Å². The second kappa shape index (κ2) is 9.95. The summed E-state index contributed by atoms with van der Waals surface area (Å²) in [5.41, 5.74) is 5.05. The molecule has 1 saturated carbocycles. The molecule has 0 aliphatic heterocycles. The molecule has 4 heteroatoms. The molecule has 1 heterocycles. The number of rotatable bonds is 7. The first-order chi connectivity index (χ1) is 15.2. The molecule has 2 aromatic carbocycles. The van der Waals surface area contributed by atoms with Crippen molar-refractivity contribution in [3.8, 4) is 0 Å². The number of fused-ring (bicyclic) bond motifs is 1. The van der Waals surface area contributed by atoms with Crippen LogP contribution in [0.25, 0.3) is 10.8 Å². The van der Waals surface area contributed by atoms with Gasteiger partial charge in [-0.3, -0.25) is 9.78 Å². The van der Waals surface area contributed by atoms with E-state index in [0.717, 1.165) is 65.7 Å². The third kappa shape index (κ3) is 5.07. The number of nitrogens with one attached hydrogen (secondary N) is 2. The summed E-state index contributed by atoms with van der Waals surface area (Å²) >= 11 is 0. The Kier molecular flexibility index (Phi) is 6.86. The van der Waals surface area contributed by atoms with E-state index in [1.165, 1.54) is 24.6 Å². The molecule has 0 spiro atoms. The minimum absolute atomic E-state index is 0.0412. The lowest BCUT2D eigenvalue weighted by atomic mass is 9.92. The van der Waals surface area contributed by atoms with Crippen LogP contribution in [0.2, 0.25) is 0 Å². The summed E-state index contributed by atoms with van der Waals surface area (Å²) in [6, 6.07) is 15.0. The van der Waals surface area contributed by atoms with Gasteiger partial charge in [-0.05, 0) is 61.3 Å². The molecule has 1 fully saturated rings. The summed E-state index contributed by atoms with van der Waals surface area (Å²) in [6.07, 6.45) is 9.55. The molecule has 0 radical (unpaired) electrons. The fraction of sp³-hybridized carbons (Fsp3) is 0.407. The van der Waals surface area contributed by atoms with Crippen LogP contribution in [0.5, 0.6) is 0 Å². The maximum Gasteiger partial charge on any atom is 0.253 e. The van der Waals surface area contributed by atoms with E-state index >= 15 is 0 Å². The summed E-state index contributed by atoms with van der Waals surface area (Å²) < 4.78 is 0. The Bertz CT molecular complexity index is 1040. The molecule has 1 aliphatic carbocycles. The maximum absolute atomic E-state index is 13.4. The molecule has 0 saturated heterocycles. The lowest BCUT2D eigenvalue weighted by Crippen LogP contribution is -2.36. The maximum atomic E-state index is 13.4. The van der Waals surface area contributed by atoms with E-state index in [4.69, 9.17) is 0 Å². The van der Waals surface area contributed by atoms with E-state index in [-0.39, 0.29) is 11.9 Å². The molecule has 1 aliphatic rings. The third-order valence-electron chi connectivity index (χ3n) is 6.23. The average Bonchev–Trinajstić information content (AvgIpc) is 2.80. The molecule has 2 N–H and O–H groups in total. The normalized spacial score (nSPS) is 14.5. The van der Waals surface area contributed by atoms with Crippen molar-refractivity contribution in [1.29, 1.82) is 0 Å². The summed E-state index contributed by atoms with van der Waals surface area (Å²) in [4.78, 5) is 17.9. The number of aromatic nitrogens is 1. The van der Waals surface area contributed by atoms with Gasteiger partial charge >= 0.3 is 0 Å². The standard InChI is InChI=1S/C27H33N3O/c1-3-15-28-26-24-12-8-7-11-23(24)21(16-20-14-13-19(2)29-18-20)17-25(26)27(31)30-22-9-5-4-6-10-22/h7-8,11-14,17-18,22,28H,3-6,9-10,15-16H2,1-2H3,(H,30,31). The van der Waals surface area contributed by atoms with Gasteiger partial charge in [-0.25, -0.2) is 0 Å². The number of carbonyl (C=O) groups excluding carboxylic acids is 1. The zero-order valence-corrected chi connectivity index (χ0v) is 18.7. The Hall–Kier alpha value is -2.88. The second-order valence-corrected chi connectivity index (χ2v) is 8.72. The monoisotopic (exact) mass is 415 g/mol. The van der Waals surface area contributed by atoms with E-state index < -0.39 is 0 Å². The predicted octanol–water partition coefficient (Wildman–Crippen LogP) is 6.02. The highest BCUT2D eigenvalue weighted by Crippen LogP contribution is 2.32. The zero-order valence-electron chi connectivity index (χ0n) is 18.7. The minimum atomic E-state index is 0.0412. The SMILES string of the molecule is CCCNc1c(C(=O)NC2CCCCC2)cc(Cc2ccc(C)nc2)c2ccccc12. The van der Waals surface area contributed by atoms with Crippen molar-refractivity contribution >= 4 is 22.4 Å². The van der Waals surface area contributed by atoms with Gasteiger partial charge in [-0.15, -0.1) is 0 Å². The van der Waals surface area contributed by atoms with Crippen LogP contribution < -0.4 is 10.6 Å². The Morgan fingerprint density at radius 2 is 1.84 bits per heavy atom. The van der Waals surface area contributed by atoms with E-state index in [9.17, 15) is 4.79 Å². The van der Waals surface area contributed by atoms with Crippen molar-refractivity contribution in [3.05, 3.63) is 71.0 Å². The lowest BCUT2D eigenvalue weighted by molar-refractivity contribution is 0.0928. The van der Waals surface area contributed by atoms with E-state index in [2.05, 4.69) is 58.9 Å². The molecule has 0 bridgehead atoms. The molecule has 1 aromatic heterocycles. The van der Waals surface area contributed by atoms with E-state index in [1.807, 2.05) is 19.2 Å². The number of amides is 1. The molecule has 3 aromatic rings. The minimum Gasteiger partial charge on any atom is -0.384 e. The van der Waals surface area contributed by atoms with Crippen molar-refractivity contribution in [2.45, 2.75) is 64.8 Å². The number of carbonyl (C=O) groups is 1. The number of nitrogens with zero attached hydrogens (tertiary/aromatic N) is 1. The Labute approximate surface area is 185 Å². The summed E-state index contributed by atoms with van der Waals surface area (Å²) in [5.74, 6) is 0.0412. The average molecular weight is 416 g/mol. The van der Waals surface area contributed by atoms with Crippen LogP contribution in [0.3, 0.4) is 0 Å². The fourth-order valence-corrected chi connectivity index (χ4v) is 4.55. The number of pyridine rings is 1. The highest BCUT2D eigenvalue weighted by Gasteiger charge is 2.21. The molecular formula is C27H33N3O. The quantitative estimate of drug-likeness (QED) is 0.496. The smallest absolute Gasteiger partial charge is 0.253 e. The van der Waals surface area contributed by atoms with Gasteiger partial charge in [0, 0.05) is 29.9 Å². The van der Waals surface area contributed by atoms with Gasteiger partial charge in [0.2, 0.25) is 0 Å². The van der Waals surface area contributed by atoms with Gasteiger partial charge in [0.1, 0.15) is 0 Å². The highest BCUT2D eigenvalue weighted by atomic mass is 16.1. The summed E-state index contributed by atoms with van der Waals surface area (Å²) in [7, 11) is 0. The second-order valence-electron chi connectivity index (χ2n) is 8.72. The number of anilines is 1. The largest absolute Gasteiger partial charge is 0.384 e. The molecule has 4 rings (SSSR count). The van der Waals surface area contributed by atoms with Crippen LogP contribution in [-0.4, -0.2) is 23.5 Å². The van der Waals surface area contributed by atoms with Crippen molar-refractivity contribution < 1.29 is 4.79 Å². The molecule has 31 heavy (non-hydrogen) atoms. The van der Waals surface area contributed by atoms with Gasteiger partial charge in [0.15, 0.2) is 0 Å². The van der Waals surface area contributed by atoms with Gasteiger partial charge in [-0.2, -0.15) is 0 Å². The predicted molar refractivity (Wildman–Crippen MR) is 129 cm³/mol. The van der Waals surface area contributed by atoms with Crippen molar-refractivity contribution in [2.75, 3.05) is 11.9 Å². The van der Waals surface area contributed by atoms with E-state index in [0.29, 0.717) is 0 Å². The molecule has 0 atom stereocenters. The van der Waals surface area contributed by atoms with Gasteiger partial charge in [0.25, 0.3) is 5.91 Å². The molecule has 4 nitrogen and oxygen atoms in total. The molecule has 1 amide bonds. The van der Waals surface area contributed by atoms with Crippen LogP contribution in [0.4, 0.5) is 5.69 Å². The van der Waals surface area contributed by atoms with Crippen LogP contribution >= 0.6 is 0 Å². The number of hydrogen-bond donors (Lipinski definition) is 2. The molecular weight excluding hydrogens is 382 g/mol. The van der Waals surface area contributed by atoms with Crippen molar-refractivity contribution in [1.82, 2.24) is 10.3 Å². The van der Waals surface area contributed by atoms with Crippen LogP contribution in [0.1, 0.15) is 72.6 Å². The highest BCUT2D eigenvalue weighted by molar-refractivity contribution is 6.09. The Balaban J connectivity index is 1.75. The van der Waals surface area contributed by atoms with Crippen LogP contribution in [0.15, 0.2) is 48.7 Å². The number of hydrogen-bond acceptors (Lipinski definition) is 3. The first-order valence-corrected chi connectivity index (χ1v) is 11.7. The van der Waals surface area contributed by atoms with Crippen molar-refractivity contribution in [2.24, 2.45) is 0 Å². The number of aryl methyl sites for hydroxylation is 1. The van der Waals surface area contributed by atoms with Crippen LogP contribution in [0, 0.1) is 6.92 Å². The zero-order chi connectivity index (χ0) is 21.6. The summed E-state index contributed by atoms with van der Waals surface area (Å²) in [5, 5.41) is 9.18. The van der Waals surface area contributed by atoms with Gasteiger partial charge < -0.3 is 10.6 Å². The fourth-order valence-electron chi connectivity index (χ4n) is 4.55.